The third-order valence-corrected chi connectivity index (χ3v) is 5.49. The van der Waals surface area contributed by atoms with Crippen LogP contribution in [0.1, 0.15) is 32.4 Å². The lowest BCUT2D eigenvalue weighted by atomic mass is 10.1. The minimum absolute atomic E-state index is 0.00164. The predicted octanol–water partition coefficient (Wildman–Crippen LogP) is 3.28. The average Bonchev–Trinajstić information content (AvgIpc) is 2.60. The molecule has 8 heteroatoms. The van der Waals surface area contributed by atoms with E-state index in [1.165, 1.54) is 18.2 Å². The minimum atomic E-state index is -3.76. The van der Waals surface area contributed by atoms with Crippen LogP contribution in [0.25, 0.3) is 0 Å². The van der Waals surface area contributed by atoms with Crippen LogP contribution >= 0.6 is 11.6 Å². The fourth-order valence-corrected chi connectivity index (χ4v) is 3.94. The second kappa shape index (κ2) is 9.21. The van der Waals surface area contributed by atoms with E-state index >= 15 is 0 Å². The maximum atomic E-state index is 12.6. The standard InChI is InChI=1S/C19H23ClN2O4S/c1-13(2)21-19(23)12-26-18-10-9-16(11-17(18)20)27(24,25)22-14(3)15-7-5-4-6-8-15/h4-11,13-14,22H,12H2,1-3H3,(H,21,23). The molecule has 0 saturated carbocycles. The molecule has 0 saturated heterocycles. The second-order valence-electron chi connectivity index (χ2n) is 6.36. The van der Waals surface area contributed by atoms with Gasteiger partial charge in [-0.2, -0.15) is 0 Å². The fourth-order valence-electron chi connectivity index (χ4n) is 2.38. The van der Waals surface area contributed by atoms with Crippen molar-refractivity contribution in [3.05, 3.63) is 59.1 Å². The Balaban J connectivity index is 2.08. The maximum absolute atomic E-state index is 12.6. The summed E-state index contributed by atoms with van der Waals surface area (Å²) in [6.45, 7) is 5.24. The molecule has 0 heterocycles. The third-order valence-electron chi connectivity index (χ3n) is 3.65. The van der Waals surface area contributed by atoms with Gasteiger partial charge in [-0.25, -0.2) is 13.1 Å². The molecule has 0 radical (unpaired) electrons. The van der Waals surface area contributed by atoms with E-state index in [4.69, 9.17) is 16.3 Å². The lowest BCUT2D eigenvalue weighted by Gasteiger charge is -2.15. The van der Waals surface area contributed by atoms with Gasteiger partial charge in [0, 0.05) is 12.1 Å². The first-order chi connectivity index (χ1) is 12.7. The Labute approximate surface area is 164 Å². The minimum Gasteiger partial charge on any atom is -0.482 e. The zero-order valence-corrected chi connectivity index (χ0v) is 17.0. The van der Waals surface area contributed by atoms with Crippen molar-refractivity contribution in [3.8, 4) is 5.75 Å². The summed E-state index contributed by atoms with van der Waals surface area (Å²) in [6, 6.07) is 13.0. The fraction of sp³-hybridized carbons (Fsp3) is 0.316. The first-order valence-electron chi connectivity index (χ1n) is 8.48. The molecule has 1 atom stereocenters. The summed E-state index contributed by atoms with van der Waals surface area (Å²) < 4.78 is 33.2. The highest BCUT2D eigenvalue weighted by Gasteiger charge is 2.20. The summed E-state index contributed by atoms with van der Waals surface area (Å²) >= 11 is 6.13. The highest BCUT2D eigenvalue weighted by atomic mass is 35.5. The molecule has 2 aromatic rings. The van der Waals surface area contributed by atoms with Gasteiger partial charge in [-0.3, -0.25) is 4.79 Å². The van der Waals surface area contributed by atoms with E-state index in [1.807, 2.05) is 44.2 Å². The van der Waals surface area contributed by atoms with Crippen molar-refractivity contribution in [1.82, 2.24) is 10.0 Å². The highest BCUT2D eigenvalue weighted by molar-refractivity contribution is 7.89. The molecule has 0 aromatic heterocycles. The number of carbonyl (C=O) groups excluding carboxylic acids is 1. The van der Waals surface area contributed by atoms with Gasteiger partial charge in [0.25, 0.3) is 5.91 Å². The Morgan fingerprint density at radius 3 is 2.37 bits per heavy atom. The van der Waals surface area contributed by atoms with Gasteiger partial charge in [-0.1, -0.05) is 41.9 Å². The third kappa shape index (κ3) is 6.23. The molecule has 0 aliphatic carbocycles. The number of halogens is 1. The van der Waals surface area contributed by atoms with Crippen LogP contribution in [0.4, 0.5) is 0 Å². The summed E-state index contributed by atoms with van der Waals surface area (Å²) in [5, 5.41) is 2.81. The van der Waals surface area contributed by atoms with E-state index in [0.29, 0.717) is 0 Å². The number of amides is 1. The molecule has 2 N–H and O–H groups in total. The van der Waals surface area contributed by atoms with Crippen LogP contribution < -0.4 is 14.8 Å². The van der Waals surface area contributed by atoms with E-state index in [9.17, 15) is 13.2 Å². The Bertz CT molecular complexity index is 886. The smallest absolute Gasteiger partial charge is 0.258 e. The molecule has 6 nitrogen and oxygen atoms in total. The van der Waals surface area contributed by atoms with Crippen LogP contribution in [0.5, 0.6) is 5.75 Å². The van der Waals surface area contributed by atoms with E-state index in [1.54, 1.807) is 6.92 Å². The molecule has 0 bridgehead atoms. The normalized spacial score (nSPS) is 12.6. The number of rotatable bonds is 8. The largest absolute Gasteiger partial charge is 0.482 e. The van der Waals surface area contributed by atoms with Gasteiger partial charge in [0.05, 0.1) is 9.92 Å². The number of nitrogens with one attached hydrogen (secondary N) is 2. The Morgan fingerprint density at radius 2 is 1.78 bits per heavy atom. The summed E-state index contributed by atoms with van der Waals surface area (Å²) in [4.78, 5) is 11.7. The number of carbonyl (C=O) groups is 1. The van der Waals surface area contributed by atoms with Crippen molar-refractivity contribution in [2.75, 3.05) is 6.61 Å². The van der Waals surface area contributed by atoms with E-state index in [-0.39, 0.29) is 34.2 Å². The first kappa shape index (κ1) is 21.2. The molecule has 146 valence electrons. The summed E-state index contributed by atoms with van der Waals surface area (Å²) in [5.74, 6) is -0.0400. The van der Waals surface area contributed by atoms with Gasteiger partial charge in [-0.05, 0) is 44.5 Å². The SMILES string of the molecule is CC(C)NC(=O)COc1ccc(S(=O)(=O)NC(C)c2ccccc2)cc1Cl. The molecule has 27 heavy (non-hydrogen) atoms. The number of hydrogen-bond acceptors (Lipinski definition) is 4. The predicted molar refractivity (Wildman–Crippen MR) is 105 cm³/mol. The van der Waals surface area contributed by atoms with Crippen molar-refractivity contribution in [1.29, 1.82) is 0 Å². The number of hydrogen-bond donors (Lipinski definition) is 2. The monoisotopic (exact) mass is 410 g/mol. The zero-order chi connectivity index (χ0) is 20.0. The molecule has 0 aliphatic rings. The molecule has 2 aromatic carbocycles. The van der Waals surface area contributed by atoms with Gasteiger partial charge in [0.1, 0.15) is 5.75 Å². The zero-order valence-electron chi connectivity index (χ0n) is 15.4. The lowest BCUT2D eigenvalue weighted by Crippen LogP contribution is -2.34. The van der Waals surface area contributed by atoms with E-state index in [0.717, 1.165) is 5.56 Å². The van der Waals surface area contributed by atoms with Crippen LogP contribution in [0.3, 0.4) is 0 Å². The molecule has 0 fully saturated rings. The molecule has 0 aliphatic heterocycles. The highest BCUT2D eigenvalue weighted by Crippen LogP contribution is 2.28. The average molecular weight is 411 g/mol. The van der Waals surface area contributed by atoms with Gasteiger partial charge in [0.2, 0.25) is 10.0 Å². The topological polar surface area (TPSA) is 84.5 Å². The molecular formula is C19H23ClN2O4S. The number of sulfonamides is 1. The van der Waals surface area contributed by atoms with E-state index in [2.05, 4.69) is 10.0 Å². The molecule has 2 rings (SSSR count). The Hall–Kier alpha value is -2.09. The lowest BCUT2D eigenvalue weighted by molar-refractivity contribution is -0.123. The Morgan fingerprint density at radius 1 is 1.11 bits per heavy atom. The van der Waals surface area contributed by atoms with Gasteiger partial charge in [-0.15, -0.1) is 0 Å². The quantitative estimate of drug-likeness (QED) is 0.699. The van der Waals surface area contributed by atoms with Crippen LogP contribution in [-0.4, -0.2) is 27.0 Å². The molecule has 0 spiro atoms. The summed E-state index contributed by atoms with van der Waals surface area (Å²) in [5.41, 5.74) is 0.850. The van der Waals surface area contributed by atoms with Gasteiger partial charge in [0.15, 0.2) is 6.61 Å². The van der Waals surface area contributed by atoms with Gasteiger partial charge >= 0.3 is 0 Å². The summed E-state index contributed by atoms with van der Waals surface area (Å²) in [6.07, 6.45) is 0. The number of ether oxygens (including phenoxy) is 1. The van der Waals surface area contributed by atoms with Crippen LogP contribution in [-0.2, 0) is 14.8 Å². The van der Waals surface area contributed by atoms with Crippen LogP contribution in [0.2, 0.25) is 5.02 Å². The number of benzene rings is 2. The van der Waals surface area contributed by atoms with E-state index < -0.39 is 16.1 Å². The molecule has 1 amide bonds. The van der Waals surface area contributed by atoms with Crippen molar-refractivity contribution >= 4 is 27.5 Å². The van der Waals surface area contributed by atoms with Crippen molar-refractivity contribution < 1.29 is 17.9 Å². The first-order valence-corrected chi connectivity index (χ1v) is 10.3. The Kier molecular flexibility index (Phi) is 7.24. The van der Waals surface area contributed by atoms with Crippen molar-refractivity contribution in [3.63, 3.8) is 0 Å². The summed E-state index contributed by atoms with van der Waals surface area (Å²) in [7, 11) is -3.76. The van der Waals surface area contributed by atoms with Crippen molar-refractivity contribution in [2.24, 2.45) is 0 Å². The molecular weight excluding hydrogens is 388 g/mol. The van der Waals surface area contributed by atoms with Gasteiger partial charge < -0.3 is 10.1 Å². The van der Waals surface area contributed by atoms with Crippen molar-refractivity contribution in [2.45, 2.75) is 37.8 Å². The second-order valence-corrected chi connectivity index (χ2v) is 8.48. The van der Waals surface area contributed by atoms with Crippen LogP contribution in [0, 0.1) is 0 Å². The molecule has 1 unspecified atom stereocenters. The maximum Gasteiger partial charge on any atom is 0.258 e. The van der Waals surface area contributed by atoms with Crippen LogP contribution in [0.15, 0.2) is 53.4 Å².